The van der Waals surface area contributed by atoms with Gasteiger partial charge in [-0.3, -0.25) is 4.79 Å². The molecule has 0 radical (unpaired) electrons. The largest absolute Gasteiger partial charge is 0.460 e. The minimum Gasteiger partial charge on any atom is -0.460 e. The molecule has 162 valence electrons. The second-order valence-corrected chi connectivity index (χ2v) is 9.94. The molecule has 0 saturated heterocycles. The van der Waals surface area contributed by atoms with Crippen molar-refractivity contribution < 1.29 is 22.4 Å². The van der Waals surface area contributed by atoms with E-state index in [0.717, 1.165) is 27.3 Å². The van der Waals surface area contributed by atoms with E-state index in [-0.39, 0.29) is 19.6 Å². The number of nitrogens with zero attached hydrogens (tertiary/aromatic N) is 1. The summed E-state index contributed by atoms with van der Waals surface area (Å²) in [6.07, 6.45) is 1.28. The van der Waals surface area contributed by atoms with Crippen LogP contribution in [0.2, 0.25) is 5.02 Å². The molecule has 9 heteroatoms. The molecule has 3 aromatic rings. The maximum Gasteiger partial charge on any atom is 0.336 e. The summed E-state index contributed by atoms with van der Waals surface area (Å²) in [5.74, 6) is -0.681. The first kappa shape index (κ1) is 21.5. The van der Waals surface area contributed by atoms with E-state index in [4.69, 9.17) is 20.8 Å². The fraction of sp³-hybridized carbons (Fsp3) is 0.273. The molecule has 31 heavy (non-hydrogen) atoms. The van der Waals surface area contributed by atoms with E-state index in [1.54, 1.807) is 19.1 Å². The topological polar surface area (TPSA) is 93.9 Å². The number of benzene rings is 2. The van der Waals surface area contributed by atoms with Crippen LogP contribution in [0.15, 0.2) is 51.7 Å². The van der Waals surface area contributed by atoms with Crippen LogP contribution < -0.4 is 5.63 Å². The highest BCUT2D eigenvalue weighted by atomic mass is 35.5. The van der Waals surface area contributed by atoms with Gasteiger partial charge in [0.15, 0.2) is 0 Å². The number of ether oxygens (including phenoxy) is 1. The molecular weight excluding hydrogens is 442 g/mol. The Balaban J connectivity index is 1.62. The highest BCUT2D eigenvalue weighted by Crippen LogP contribution is 2.28. The number of halogens is 1. The molecule has 2 heterocycles. The Morgan fingerprint density at radius 1 is 1.23 bits per heavy atom. The fourth-order valence-electron chi connectivity index (χ4n) is 3.76. The first-order valence-corrected chi connectivity index (χ1v) is 11.8. The van der Waals surface area contributed by atoms with Gasteiger partial charge in [0.25, 0.3) is 0 Å². The highest BCUT2D eigenvalue weighted by Gasteiger charge is 2.37. The Kier molecular flexibility index (Phi) is 5.63. The molecule has 1 aliphatic heterocycles. The van der Waals surface area contributed by atoms with Crippen molar-refractivity contribution in [1.29, 1.82) is 0 Å². The lowest BCUT2D eigenvalue weighted by atomic mass is 9.96. The van der Waals surface area contributed by atoms with Crippen molar-refractivity contribution in [3.8, 4) is 0 Å². The minimum atomic E-state index is -3.65. The van der Waals surface area contributed by atoms with Crippen LogP contribution in [0.3, 0.4) is 0 Å². The standard InChI is InChI=1S/C22H20ClNO6S/c1-13-7-20-17(10-18(13)23)16(9-21(25)30-20)12-29-22(26)19-8-14-5-3-4-6-15(14)11-24(19)31(2,27)28/h3-7,9-10,19H,8,11-12H2,1-2H3/t19-/m0/s1. The number of hydrogen-bond acceptors (Lipinski definition) is 6. The van der Waals surface area contributed by atoms with Crippen LogP contribution in [0, 0.1) is 6.92 Å². The third-order valence-corrected chi connectivity index (χ3v) is 7.03. The summed E-state index contributed by atoms with van der Waals surface area (Å²) in [5, 5.41) is 1.04. The number of fused-ring (bicyclic) bond motifs is 2. The van der Waals surface area contributed by atoms with Gasteiger partial charge in [-0.1, -0.05) is 35.9 Å². The zero-order valence-corrected chi connectivity index (χ0v) is 18.5. The second-order valence-electron chi connectivity index (χ2n) is 7.59. The van der Waals surface area contributed by atoms with Crippen LogP contribution in [0.5, 0.6) is 0 Å². The SMILES string of the molecule is Cc1cc2oc(=O)cc(COC(=O)[C@@H]3Cc4ccccc4CN3S(C)(=O)=O)c2cc1Cl. The second kappa shape index (κ2) is 8.11. The normalized spacial score (nSPS) is 16.8. The Hall–Kier alpha value is -2.68. The van der Waals surface area contributed by atoms with Gasteiger partial charge in [0, 0.05) is 35.0 Å². The lowest BCUT2D eigenvalue weighted by Gasteiger charge is -2.33. The lowest BCUT2D eigenvalue weighted by Crippen LogP contribution is -2.48. The fourth-order valence-corrected chi connectivity index (χ4v) is 4.92. The summed E-state index contributed by atoms with van der Waals surface area (Å²) in [7, 11) is -3.65. The molecular formula is C22H20ClNO6S. The first-order chi connectivity index (χ1) is 14.6. The zero-order valence-electron chi connectivity index (χ0n) is 16.9. The number of esters is 1. The predicted octanol–water partition coefficient (Wildman–Crippen LogP) is 3.18. The van der Waals surface area contributed by atoms with Crippen LogP contribution >= 0.6 is 11.6 Å². The van der Waals surface area contributed by atoms with Crippen molar-refractivity contribution >= 4 is 38.6 Å². The summed E-state index contributed by atoms with van der Waals surface area (Å²) in [5.41, 5.74) is 2.69. The van der Waals surface area contributed by atoms with Gasteiger partial charge in [0.2, 0.25) is 10.0 Å². The molecule has 1 aliphatic rings. The van der Waals surface area contributed by atoms with Crippen LogP contribution in [0.4, 0.5) is 0 Å². The Morgan fingerprint density at radius 3 is 2.65 bits per heavy atom. The Labute approximate surface area is 184 Å². The number of rotatable bonds is 4. The van der Waals surface area contributed by atoms with Crippen LogP contribution in [-0.2, 0) is 39.1 Å². The summed E-state index contributed by atoms with van der Waals surface area (Å²) >= 11 is 6.20. The summed E-state index contributed by atoms with van der Waals surface area (Å²) in [4.78, 5) is 24.9. The van der Waals surface area contributed by atoms with Gasteiger partial charge >= 0.3 is 11.6 Å². The molecule has 0 saturated carbocycles. The average molecular weight is 462 g/mol. The van der Waals surface area contributed by atoms with Gasteiger partial charge in [0.1, 0.15) is 18.2 Å². The molecule has 1 atom stereocenters. The highest BCUT2D eigenvalue weighted by molar-refractivity contribution is 7.88. The van der Waals surface area contributed by atoms with Crippen LogP contribution in [0.25, 0.3) is 11.0 Å². The van der Waals surface area contributed by atoms with Crippen LogP contribution in [0.1, 0.15) is 22.3 Å². The first-order valence-electron chi connectivity index (χ1n) is 9.56. The average Bonchev–Trinajstić information content (AvgIpc) is 2.71. The molecule has 7 nitrogen and oxygen atoms in total. The number of carbonyl (C=O) groups excluding carboxylic acids is 1. The summed E-state index contributed by atoms with van der Waals surface area (Å²) < 4.78 is 36.5. The van der Waals surface area contributed by atoms with Gasteiger partial charge in [-0.2, -0.15) is 4.31 Å². The molecule has 0 bridgehead atoms. The van der Waals surface area contributed by atoms with Crippen molar-refractivity contribution in [2.75, 3.05) is 6.26 Å². The Bertz CT molecular complexity index is 1350. The number of carbonyl (C=O) groups is 1. The molecule has 4 rings (SSSR count). The smallest absolute Gasteiger partial charge is 0.336 e. The molecule has 0 aliphatic carbocycles. The van der Waals surface area contributed by atoms with Gasteiger partial charge < -0.3 is 9.15 Å². The number of aryl methyl sites for hydroxylation is 1. The predicted molar refractivity (Wildman–Crippen MR) is 116 cm³/mol. The van der Waals surface area contributed by atoms with Gasteiger partial charge in [-0.05, 0) is 35.7 Å². The van der Waals surface area contributed by atoms with E-state index in [9.17, 15) is 18.0 Å². The van der Waals surface area contributed by atoms with E-state index >= 15 is 0 Å². The van der Waals surface area contributed by atoms with E-state index in [2.05, 4.69) is 0 Å². The van der Waals surface area contributed by atoms with E-state index in [0.29, 0.717) is 21.6 Å². The molecule has 1 aromatic heterocycles. The minimum absolute atomic E-state index is 0.0987. The van der Waals surface area contributed by atoms with Crippen molar-refractivity contribution in [2.45, 2.75) is 32.5 Å². The van der Waals surface area contributed by atoms with Gasteiger partial charge in [-0.25, -0.2) is 13.2 Å². The molecule has 0 amide bonds. The third-order valence-electron chi connectivity index (χ3n) is 5.38. The molecule has 0 fully saturated rings. The quantitative estimate of drug-likeness (QED) is 0.437. The van der Waals surface area contributed by atoms with Gasteiger partial charge in [0.05, 0.1) is 6.26 Å². The third kappa shape index (κ3) is 4.37. The molecule has 2 aromatic carbocycles. The summed E-state index contributed by atoms with van der Waals surface area (Å²) in [6, 6.07) is 10.9. The molecule has 0 spiro atoms. The summed E-state index contributed by atoms with van der Waals surface area (Å²) in [6.45, 7) is 1.67. The monoisotopic (exact) mass is 461 g/mol. The molecule has 0 N–H and O–H groups in total. The molecule has 0 unspecified atom stereocenters. The van der Waals surface area contributed by atoms with E-state index in [1.165, 1.54) is 6.07 Å². The van der Waals surface area contributed by atoms with E-state index < -0.39 is 27.7 Å². The maximum atomic E-state index is 12.9. The maximum absolute atomic E-state index is 12.9. The van der Waals surface area contributed by atoms with Crippen molar-refractivity contribution in [3.63, 3.8) is 0 Å². The Morgan fingerprint density at radius 2 is 1.94 bits per heavy atom. The van der Waals surface area contributed by atoms with E-state index in [1.807, 2.05) is 24.3 Å². The van der Waals surface area contributed by atoms with Crippen LogP contribution in [-0.4, -0.2) is 31.0 Å². The number of hydrogen-bond donors (Lipinski definition) is 0. The van der Waals surface area contributed by atoms with Crippen molar-refractivity contribution in [3.05, 3.63) is 80.2 Å². The van der Waals surface area contributed by atoms with Gasteiger partial charge in [-0.15, -0.1) is 0 Å². The number of sulfonamides is 1. The zero-order chi connectivity index (χ0) is 22.3. The van der Waals surface area contributed by atoms with Crippen molar-refractivity contribution in [2.24, 2.45) is 0 Å². The lowest BCUT2D eigenvalue weighted by molar-refractivity contribution is -0.150. The van der Waals surface area contributed by atoms with Crippen molar-refractivity contribution in [1.82, 2.24) is 4.31 Å².